The minimum atomic E-state index is 0.303. The third-order valence-corrected chi connectivity index (χ3v) is 7.46. The van der Waals surface area contributed by atoms with Crippen LogP contribution in [0.15, 0.2) is 39.7 Å². The first-order valence-corrected chi connectivity index (χ1v) is 11.7. The van der Waals surface area contributed by atoms with Gasteiger partial charge in [0, 0.05) is 47.9 Å². The van der Waals surface area contributed by atoms with Crippen LogP contribution in [0.25, 0.3) is 11.0 Å². The molecule has 1 saturated heterocycles. The van der Waals surface area contributed by atoms with Gasteiger partial charge in [0.2, 0.25) is 5.76 Å². The van der Waals surface area contributed by atoms with Crippen LogP contribution >= 0.6 is 15.9 Å². The molecule has 160 valence electrons. The van der Waals surface area contributed by atoms with E-state index in [-0.39, 0.29) is 0 Å². The Morgan fingerprint density at radius 1 is 1.19 bits per heavy atom. The van der Waals surface area contributed by atoms with Crippen LogP contribution in [0.4, 0.5) is 5.82 Å². The zero-order valence-electron chi connectivity index (χ0n) is 17.3. The molecule has 5 rings (SSSR count). The Hall–Kier alpha value is -2.50. The molecular formula is C23H25BrN6O. The zero-order chi connectivity index (χ0) is 21.2. The molecule has 0 amide bonds. The normalized spacial score (nSPS) is 24.7. The van der Waals surface area contributed by atoms with Crippen LogP contribution in [0.3, 0.4) is 0 Å². The highest BCUT2D eigenvalue weighted by Crippen LogP contribution is 2.35. The number of hydrogen-bond acceptors (Lipinski definition) is 7. The number of piperidine rings is 1. The van der Waals surface area contributed by atoms with Crippen molar-refractivity contribution >= 4 is 32.7 Å². The van der Waals surface area contributed by atoms with E-state index in [1.165, 1.54) is 37.9 Å². The molecule has 1 N–H and O–H groups in total. The van der Waals surface area contributed by atoms with E-state index in [2.05, 4.69) is 47.2 Å². The summed E-state index contributed by atoms with van der Waals surface area (Å²) >= 11 is 3.64. The Kier molecular flexibility index (Phi) is 5.88. The minimum absolute atomic E-state index is 0.303. The molecule has 1 unspecified atom stereocenters. The average molecular weight is 481 g/mol. The average Bonchev–Trinajstić information content (AvgIpc) is 3.26. The highest BCUT2D eigenvalue weighted by atomic mass is 79.9. The Labute approximate surface area is 190 Å². The number of nitriles is 1. The van der Waals surface area contributed by atoms with E-state index in [9.17, 15) is 0 Å². The van der Waals surface area contributed by atoms with E-state index in [4.69, 9.17) is 9.68 Å². The van der Waals surface area contributed by atoms with Gasteiger partial charge in [-0.2, -0.15) is 5.26 Å². The second-order valence-electron chi connectivity index (χ2n) is 8.54. The molecule has 2 fully saturated rings. The maximum absolute atomic E-state index is 9.07. The van der Waals surface area contributed by atoms with Gasteiger partial charge in [-0.15, -0.1) is 0 Å². The molecule has 0 aromatic carbocycles. The summed E-state index contributed by atoms with van der Waals surface area (Å²) in [6.07, 6.45) is 12.3. The van der Waals surface area contributed by atoms with Gasteiger partial charge < -0.3 is 9.73 Å². The minimum Gasteiger partial charge on any atom is -0.444 e. The lowest BCUT2D eigenvalue weighted by molar-refractivity contribution is 0.115. The second kappa shape index (κ2) is 8.93. The Balaban J connectivity index is 1.19. The van der Waals surface area contributed by atoms with Crippen molar-refractivity contribution in [2.75, 3.05) is 18.4 Å². The van der Waals surface area contributed by atoms with E-state index in [0.717, 1.165) is 35.1 Å². The molecule has 3 aromatic rings. The fraction of sp³-hybridized carbons (Fsp3) is 0.478. The van der Waals surface area contributed by atoms with Crippen LogP contribution in [0.5, 0.6) is 0 Å². The standard InChI is InChI=1S/C23H25BrN6O/c24-22-19-10-18(11-25)31-21(19)12-27-23(22)29-16-3-5-17(6-4-16)30-9-1-2-15(13-30)20-7-8-26-14-28-20/h7-8,10,12,14-17H,1-6,9,13H2,(H,27,29). The van der Waals surface area contributed by atoms with E-state index >= 15 is 0 Å². The molecule has 7 nitrogen and oxygen atoms in total. The summed E-state index contributed by atoms with van der Waals surface area (Å²) in [5.74, 6) is 1.65. The van der Waals surface area contributed by atoms with Gasteiger partial charge in [0.15, 0.2) is 5.58 Å². The lowest BCUT2D eigenvalue weighted by atomic mass is 9.87. The SMILES string of the molecule is N#Cc1cc2c(Br)c(NC3CCC(N4CCCC(c5ccncn5)C4)CC3)ncc2o1. The molecule has 1 aliphatic heterocycles. The number of likely N-dealkylation sites (tertiary alicyclic amines) is 1. The third-order valence-electron chi connectivity index (χ3n) is 6.66. The molecule has 3 aromatic heterocycles. The summed E-state index contributed by atoms with van der Waals surface area (Å²) in [4.78, 5) is 15.8. The Morgan fingerprint density at radius 2 is 2.06 bits per heavy atom. The summed E-state index contributed by atoms with van der Waals surface area (Å²) in [5, 5.41) is 13.6. The van der Waals surface area contributed by atoms with Crippen LogP contribution in [-0.2, 0) is 0 Å². The lowest BCUT2D eigenvalue weighted by Gasteiger charge is -2.41. The quantitative estimate of drug-likeness (QED) is 0.570. The van der Waals surface area contributed by atoms with E-state index < -0.39 is 0 Å². The predicted molar refractivity (Wildman–Crippen MR) is 122 cm³/mol. The van der Waals surface area contributed by atoms with Gasteiger partial charge in [0.25, 0.3) is 0 Å². The number of aromatic nitrogens is 3. The van der Waals surface area contributed by atoms with Crippen molar-refractivity contribution in [2.45, 2.75) is 56.5 Å². The van der Waals surface area contributed by atoms with Crippen LogP contribution in [-0.4, -0.2) is 45.0 Å². The van der Waals surface area contributed by atoms with E-state index in [1.807, 2.05) is 12.3 Å². The third kappa shape index (κ3) is 4.30. The fourth-order valence-electron chi connectivity index (χ4n) is 5.04. The molecule has 1 atom stereocenters. The predicted octanol–water partition coefficient (Wildman–Crippen LogP) is 4.85. The Bertz CT molecular complexity index is 1090. The van der Waals surface area contributed by atoms with E-state index in [0.29, 0.717) is 29.3 Å². The second-order valence-corrected chi connectivity index (χ2v) is 9.33. The van der Waals surface area contributed by atoms with Crippen LogP contribution in [0.1, 0.15) is 55.9 Å². The molecule has 0 bridgehead atoms. The summed E-state index contributed by atoms with van der Waals surface area (Å²) < 4.78 is 6.33. The molecule has 1 saturated carbocycles. The maximum atomic E-state index is 9.07. The van der Waals surface area contributed by atoms with Crippen molar-refractivity contribution in [3.8, 4) is 6.07 Å². The topological polar surface area (TPSA) is 90.9 Å². The number of hydrogen-bond donors (Lipinski definition) is 1. The smallest absolute Gasteiger partial charge is 0.204 e. The van der Waals surface area contributed by atoms with Gasteiger partial charge >= 0.3 is 0 Å². The summed E-state index contributed by atoms with van der Waals surface area (Å²) in [7, 11) is 0. The molecular weight excluding hydrogens is 456 g/mol. The van der Waals surface area contributed by atoms with Crippen molar-refractivity contribution in [1.29, 1.82) is 5.26 Å². The van der Waals surface area contributed by atoms with Crippen LogP contribution < -0.4 is 5.32 Å². The van der Waals surface area contributed by atoms with Gasteiger partial charge in [0.1, 0.15) is 18.2 Å². The van der Waals surface area contributed by atoms with Gasteiger partial charge in [-0.25, -0.2) is 15.0 Å². The van der Waals surface area contributed by atoms with E-state index in [1.54, 1.807) is 18.6 Å². The molecule has 2 aliphatic rings. The van der Waals surface area contributed by atoms with Crippen molar-refractivity contribution in [3.05, 3.63) is 46.8 Å². The van der Waals surface area contributed by atoms with Crippen molar-refractivity contribution < 1.29 is 4.42 Å². The molecule has 8 heteroatoms. The first kappa shape index (κ1) is 20.4. The number of halogens is 1. The van der Waals surface area contributed by atoms with Gasteiger partial charge in [-0.3, -0.25) is 4.90 Å². The number of furan rings is 1. The number of anilines is 1. The van der Waals surface area contributed by atoms with Crippen molar-refractivity contribution in [3.63, 3.8) is 0 Å². The van der Waals surface area contributed by atoms with Crippen LogP contribution in [0, 0.1) is 11.3 Å². The molecule has 0 radical (unpaired) electrons. The number of pyridine rings is 1. The van der Waals surface area contributed by atoms with Gasteiger partial charge in [0.05, 0.1) is 10.7 Å². The summed E-state index contributed by atoms with van der Waals surface area (Å²) in [6, 6.07) is 6.92. The summed E-state index contributed by atoms with van der Waals surface area (Å²) in [6.45, 7) is 2.29. The van der Waals surface area contributed by atoms with Crippen LogP contribution in [0.2, 0.25) is 0 Å². The number of rotatable bonds is 4. The monoisotopic (exact) mass is 480 g/mol. The largest absolute Gasteiger partial charge is 0.444 e. The maximum Gasteiger partial charge on any atom is 0.204 e. The highest BCUT2D eigenvalue weighted by Gasteiger charge is 2.31. The van der Waals surface area contributed by atoms with Crippen molar-refractivity contribution in [1.82, 2.24) is 19.9 Å². The Morgan fingerprint density at radius 3 is 2.84 bits per heavy atom. The lowest BCUT2D eigenvalue weighted by Crippen LogP contribution is -2.45. The number of nitrogens with zero attached hydrogens (tertiary/aromatic N) is 5. The number of nitrogens with one attached hydrogen (secondary N) is 1. The fourth-order valence-corrected chi connectivity index (χ4v) is 5.56. The first-order chi connectivity index (χ1) is 15.2. The molecule has 0 spiro atoms. The number of fused-ring (bicyclic) bond motifs is 1. The first-order valence-electron chi connectivity index (χ1n) is 11.0. The van der Waals surface area contributed by atoms with Crippen molar-refractivity contribution in [2.24, 2.45) is 0 Å². The molecule has 4 heterocycles. The molecule has 31 heavy (non-hydrogen) atoms. The highest BCUT2D eigenvalue weighted by molar-refractivity contribution is 9.10. The zero-order valence-corrected chi connectivity index (χ0v) is 18.9. The summed E-state index contributed by atoms with van der Waals surface area (Å²) in [5.41, 5.74) is 1.81. The van der Waals surface area contributed by atoms with Gasteiger partial charge in [-0.1, -0.05) is 0 Å². The van der Waals surface area contributed by atoms with Gasteiger partial charge in [-0.05, 0) is 67.1 Å². The molecule has 1 aliphatic carbocycles.